The van der Waals surface area contributed by atoms with Crippen LogP contribution in [0.1, 0.15) is 81.3 Å². The summed E-state index contributed by atoms with van der Waals surface area (Å²) in [7, 11) is 0. The van der Waals surface area contributed by atoms with Gasteiger partial charge in [-0.25, -0.2) is 4.68 Å². The van der Waals surface area contributed by atoms with Crippen molar-refractivity contribution in [2.24, 2.45) is 11.8 Å². The van der Waals surface area contributed by atoms with Gasteiger partial charge < -0.3 is 0 Å². The zero-order valence-corrected chi connectivity index (χ0v) is 15.5. The highest BCUT2D eigenvalue weighted by Crippen LogP contribution is 2.44. The molecule has 2 heteroatoms. The largest absolute Gasteiger partial charge is 0.237 e. The Morgan fingerprint density at radius 3 is 2.29 bits per heavy atom. The van der Waals surface area contributed by atoms with Crippen LogP contribution in [0.25, 0.3) is 5.69 Å². The molecule has 2 aliphatic carbocycles. The first-order valence-electron chi connectivity index (χ1n) is 9.75. The average Bonchev–Trinajstić information content (AvgIpc) is 3.35. The maximum absolute atomic E-state index is 5.11. The first kappa shape index (κ1) is 15.9. The Bertz CT molecular complexity index is 717. The van der Waals surface area contributed by atoms with E-state index in [2.05, 4.69) is 56.6 Å². The van der Waals surface area contributed by atoms with Crippen LogP contribution in [0.4, 0.5) is 0 Å². The third-order valence-corrected chi connectivity index (χ3v) is 6.05. The third-order valence-electron chi connectivity index (χ3n) is 6.05. The van der Waals surface area contributed by atoms with Gasteiger partial charge in [0, 0.05) is 11.6 Å². The van der Waals surface area contributed by atoms with E-state index in [1.165, 1.54) is 54.7 Å². The molecule has 4 rings (SSSR count). The maximum Gasteiger partial charge on any atom is 0.0694 e. The normalized spacial score (nSPS) is 20.7. The number of aromatic nitrogens is 2. The molecule has 2 aromatic rings. The minimum atomic E-state index is 0.581. The molecule has 0 amide bonds. The molecule has 0 radical (unpaired) electrons. The van der Waals surface area contributed by atoms with Crippen molar-refractivity contribution in [2.75, 3.05) is 0 Å². The predicted molar refractivity (Wildman–Crippen MR) is 100.0 cm³/mol. The SMILES string of the molecule is CC(C)c1ccc(-n2nc(C3CC3)c3c2CC(C(C)C)CC3)cc1. The molecule has 1 atom stereocenters. The summed E-state index contributed by atoms with van der Waals surface area (Å²) in [4.78, 5) is 0. The van der Waals surface area contributed by atoms with Gasteiger partial charge in [-0.05, 0) is 73.1 Å². The lowest BCUT2D eigenvalue weighted by atomic mass is 9.80. The van der Waals surface area contributed by atoms with Gasteiger partial charge in [0.1, 0.15) is 0 Å². The van der Waals surface area contributed by atoms with Crippen molar-refractivity contribution in [3.8, 4) is 5.69 Å². The summed E-state index contributed by atoms with van der Waals surface area (Å²) in [6, 6.07) is 9.07. The number of hydrogen-bond acceptors (Lipinski definition) is 1. The third kappa shape index (κ3) is 2.81. The van der Waals surface area contributed by atoms with Gasteiger partial charge in [0.15, 0.2) is 0 Å². The standard InChI is InChI=1S/C22H30N2/c1-14(2)16-7-10-19(11-8-16)24-21-13-18(15(3)4)9-12-20(21)22(23-24)17-5-6-17/h7-8,10-11,14-15,17-18H,5-6,9,12-13H2,1-4H3. The summed E-state index contributed by atoms with van der Waals surface area (Å²) in [6.45, 7) is 9.25. The highest BCUT2D eigenvalue weighted by molar-refractivity contribution is 5.42. The predicted octanol–water partition coefficient (Wildman–Crippen LogP) is 5.63. The van der Waals surface area contributed by atoms with E-state index in [0.29, 0.717) is 5.92 Å². The van der Waals surface area contributed by atoms with E-state index in [0.717, 1.165) is 17.8 Å². The highest BCUT2D eigenvalue weighted by Gasteiger charge is 2.35. The van der Waals surface area contributed by atoms with Crippen molar-refractivity contribution >= 4 is 0 Å². The second-order valence-electron chi connectivity index (χ2n) is 8.49. The molecule has 0 bridgehead atoms. The molecule has 2 nitrogen and oxygen atoms in total. The average molecular weight is 322 g/mol. The van der Waals surface area contributed by atoms with Crippen LogP contribution in [0.5, 0.6) is 0 Å². The number of rotatable bonds is 4. The first-order valence-corrected chi connectivity index (χ1v) is 9.75. The van der Waals surface area contributed by atoms with Gasteiger partial charge in [0.05, 0.1) is 11.4 Å². The zero-order valence-electron chi connectivity index (χ0n) is 15.5. The lowest BCUT2D eigenvalue weighted by Crippen LogP contribution is -2.21. The Morgan fingerprint density at radius 1 is 1.00 bits per heavy atom. The van der Waals surface area contributed by atoms with Crippen LogP contribution >= 0.6 is 0 Å². The molecular weight excluding hydrogens is 292 g/mol. The van der Waals surface area contributed by atoms with Crippen molar-refractivity contribution in [3.05, 3.63) is 46.8 Å². The lowest BCUT2D eigenvalue weighted by Gasteiger charge is -2.26. The number of benzene rings is 1. The zero-order chi connectivity index (χ0) is 16.8. The Hall–Kier alpha value is -1.57. The van der Waals surface area contributed by atoms with E-state index >= 15 is 0 Å². The lowest BCUT2D eigenvalue weighted by molar-refractivity contribution is 0.337. The van der Waals surface area contributed by atoms with E-state index in [1.54, 1.807) is 5.56 Å². The molecule has 1 heterocycles. The smallest absolute Gasteiger partial charge is 0.0694 e. The molecule has 24 heavy (non-hydrogen) atoms. The quantitative estimate of drug-likeness (QED) is 0.713. The van der Waals surface area contributed by atoms with Gasteiger partial charge in [-0.15, -0.1) is 0 Å². The highest BCUT2D eigenvalue weighted by atomic mass is 15.3. The molecule has 128 valence electrons. The van der Waals surface area contributed by atoms with Gasteiger partial charge in [0.25, 0.3) is 0 Å². The van der Waals surface area contributed by atoms with Gasteiger partial charge in [0.2, 0.25) is 0 Å². The Morgan fingerprint density at radius 2 is 1.71 bits per heavy atom. The van der Waals surface area contributed by atoms with E-state index in [9.17, 15) is 0 Å². The van der Waals surface area contributed by atoms with Crippen molar-refractivity contribution < 1.29 is 0 Å². The fraction of sp³-hybridized carbons (Fsp3) is 0.591. The van der Waals surface area contributed by atoms with E-state index in [1.807, 2.05) is 0 Å². The molecule has 2 aliphatic rings. The fourth-order valence-corrected chi connectivity index (χ4v) is 4.13. The summed E-state index contributed by atoms with van der Waals surface area (Å²) in [5, 5.41) is 5.11. The summed E-state index contributed by atoms with van der Waals surface area (Å²) in [5.74, 6) is 2.88. The van der Waals surface area contributed by atoms with Crippen LogP contribution in [0.2, 0.25) is 0 Å². The molecule has 1 unspecified atom stereocenters. The molecule has 0 spiro atoms. The van der Waals surface area contributed by atoms with Gasteiger partial charge >= 0.3 is 0 Å². The van der Waals surface area contributed by atoms with Crippen LogP contribution in [-0.4, -0.2) is 9.78 Å². The first-order chi connectivity index (χ1) is 11.5. The summed E-state index contributed by atoms with van der Waals surface area (Å²) in [5.41, 5.74) is 7.15. The van der Waals surface area contributed by atoms with Gasteiger partial charge in [-0.1, -0.05) is 39.8 Å². The van der Waals surface area contributed by atoms with Crippen molar-refractivity contribution in [2.45, 2.75) is 71.6 Å². The molecule has 1 aromatic heterocycles. The summed E-state index contributed by atoms with van der Waals surface area (Å²) < 4.78 is 2.28. The molecule has 0 N–H and O–H groups in total. The minimum absolute atomic E-state index is 0.581. The van der Waals surface area contributed by atoms with Crippen LogP contribution in [-0.2, 0) is 12.8 Å². The Kier molecular flexibility index (Phi) is 4.02. The number of fused-ring (bicyclic) bond motifs is 1. The second kappa shape index (κ2) is 6.06. The molecule has 0 saturated heterocycles. The van der Waals surface area contributed by atoms with Gasteiger partial charge in [-0.2, -0.15) is 5.10 Å². The van der Waals surface area contributed by atoms with Crippen molar-refractivity contribution in [1.29, 1.82) is 0 Å². The monoisotopic (exact) mass is 322 g/mol. The topological polar surface area (TPSA) is 17.8 Å². The maximum atomic E-state index is 5.11. The summed E-state index contributed by atoms with van der Waals surface area (Å²) in [6.07, 6.45) is 6.43. The Labute approximate surface area is 146 Å². The Balaban J connectivity index is 1.75. The molecule has 1 aromatic carbocycles. The van der Waals surface area contributed by atoms with Crippen LogP contribution in [0.3, 0.4) is 0 Å². The van der Waals surface area contributed by atoms with Crippen molar-refractivity contribution in [1.82, 2.24) is 9.78 Å². The van der Waals surface area contributed by atoms with E-state index in [-0.39, 0.29) is 0 Å². The van der Waals surface area contributed by atoms with Gasteiger partial charge in [-0.3, -0.25) is 0 Å². The summed E-state index contributed by atoms with van der Waals surface area (Å²) >= 11 is 0. The fourth-order valence-electron chi connectivity index (χ4n) is 4.13. The van der Waals surface area contributed by atoms with Crippen molar-refractivity contribution in [3.63, 3.8) is 0 Å². The molecule has 0 aliphatic heterocycles. The molecular formula is C22H30N2. The van der Waals surface area contributed by atoms with Crippen LogP contribution in [0.15, 0.2) is 24.3 Å². The number of nitrogens with zero attached hydrogens (tertiary/aromatic N) is 2. The minimum Gasteiger partial charge on any atom is -0.237 e. The van der Waals surface area contributed by atoms with E-state index < -0.39 is 0 Å². The van der Waals surface area contributed by atoms with Crippen LogP contribution in [0, 0.1) is 11.8 Å². The second-order valence-corrected chi connectivity index (χ2v) is 8.49. The number of hydrogen-bond donors (Lipinski definition) is 0. The van der Waals surface area contributed by atoms with E-state index in [4.69, 9.17) is 5.10 Å². The molecule has 1 saturated carbocycles. The van der Waals surface area contributed by atoms with Crippen LogP contribution < -0.4 is 0 Å². The molecule has 1 fully saturated rings.